The summed E-state index contributed by atoms with van der Waals surface area (Å²) in [5, 5.41) is 12.8. The van der Waals surface area contributed by atoms with Crippen molar-refractivity contribution in [2.75, 3.05) is 31.3 Å². The third kappa shape index (κ3) is 6.94. The number of carbonyl (C=O) groups excluding carboxylic acids is 3. The van der Waals surface area contributed by atoms with Gasteiger partial charge in [-0.3, -0.25) is 14.4 Å². The number of fused-ring (bicyclic) bond motifs is 1. The lowest BCUT2D eigenvalue weighted by molar-refractivity contribution is -0.143. The molecule has 4 N–H and O–H groups in total. The third-order valence-corrected chi connectivity index (χ3v) is 8.21. The summed E-state index contributed by atoms with van der Waals surface area (Å²) in [5.74, 6) is 0.0686. The molecular weight excluding hydrogens is 586 g/mol. The molecule has 0 radical (unpaired) electrons. The number of nitrogens with zero attached hydrogens (tertiary/aromatic N) is 5. The molecule has 0 unspecified atom stereocenters. The van der Waals surface area contributed by atoms with Crippen LogP contribution >= 0.6 is 0 Å². The Kier molecular flexibility index (Phi) is 9.52. The van der Waals surface area contributed by atoms with Crippen LogP contribution in [0.15, 0.2) is 61.4 Å². The normalized spacial score (nSPS) is 16.1. The minimum atomic E-state index is -0.806. The van der Waals surface area contributed by atoms with Crippen molar-refractivity contribution in [2.45, 2.75) is 58.7 Å². The molecule has 1 aliphatic heterocycles. The smallest absolute Gasteiger partial charge is 0.247 e. The van der Waals surface area contributed by atoms with Gasteiger partial charge in [0.25, 0.3) is 0 Å². The molecule has 46 heavy (non-hydrogen) atoms. The molecule has 2 aromatic heterocycles. The fourth-order valence-corrected chi connectivity index (χ4v) is 5.45. The molecule has 1 aliphatic rings. The molecule has 5 rings (SSSR count). The minimum Gasteiger partial charge on any atom is -0.494 e. The first-order valence-electron chi connectivity index (χ1n) is 15.3. The first-order valence-corrected chi connectivity index (χ1v) is 15.3. The van der Waals surface area contributed by atoms with Gasteiger partial charge in [0.15, 0.2) is 0 Å². The van der Waals surface area contributed by atoms with Crippen LogP contribution in [-0.2, 0) is 14.4 Å². The summed E-state index contributed by atoms with van der Waals surface area (Å²) in [7, 11) is 3.21. The molecule has 0 saturated carbocycles. The zero-order valence-corrected chi connectivity index (χ0v) is 27.0. The highest BCUT2D eigenvalue weighted by Gasteiger charge is 2.42. The van der Waals surface area contributed by atoms with E-state index in [1.54, 1.807) is 43.5 Å². The molecule has 1 saturated heterocycles. The fourth-order valence-electron chi connectivity index (χ4n) is 5.45. The van der Waals surface area contributed by atoms with E-state index in [1.165, 1.54) is 13.4 Å². The fraction of sp³-hybridized carbons (Fsp3) is 0.394. The number of hydrogen-bond donors (Lipinski definition) is 4. The van der Waals surface area contributed by atoms with Crippen LogP contribution in [0.1, 0.15) is 40.5 Å². The highest BCUT2D eigenvalue weighted by molar-refractivity contribution is 6.03. The van der Waals surface area contributed by atoms with Crippen molar-refractivity contribution in [1.29, 1.82) is 0 Å². The van der Waals surface area contributed by atoms with E-state index in [9.17, 15) is 14.4 Å². The second-order valence-electron chi connectivity index (χ2n) is 12.4. The Balaban J connectivity index is 1.37. The van der Waals surface area contributed by atoms with Crippen LogP contribution in [0.2, 0.25) is 0 Å². The van der Waals surface area contributed by atoms with Crippen LogP contribution in [0, 0.1) is 5.41 Å². The van der Waals surface area contributed by atoms with Gasteiger partial charge < -0.3 is 35.5 Å². The first-order chi connectivity index (χ1) is 22.0. The van der Waals surface area contributed by atoms with Crippen molar-refractivity contribution < 1.29 is 19.1 Å². The molecule has 3 amide bonds. The molecule has 13 nitrogen and oxygen atoms in total. The lowest BCUT2D eigenvalue weighted by Gasteiger charge is -2.36. The van der Waals surface area contributed by atoms with Crippen LogP contribution in [0.25, 0.3) is 16.6 Å². The predicted molar refractivity (Wildman–Crippen MR) is 176 cm³/mol. The van der Waals surface area contributed by atoms with Gasteiger partial charge in [0.05, 0.1) is 30.7 Å². The van der Waals surface area contributed by atoms with Gasteiger partial charge in [0.1, 0.15) is 30.0 Å². The van der Waals surface area contributed by atoms with Gasteiger partial charge in [0.2, 0.25) is 17.7 Å². The summed E-state index contributed by atoms with van der Waals surface area (Å²) in [6, 6.07) is 9.33. The summed E-state index contributed by atoms with van der Waals surface area (Å²) >= 11 is 0. The van der Waals surface area contributed by atoms with Gasteiger partial charge in [-0.2, -0.15) is 0 Å². The van der Waals surface area contributed by atoms with E-state index >= 15 is 0 Å². The van der Waals surface area contributed by atoms with Gasteiger partial charge in [-0.05, 0) is 62.6 Å². The van der Waals surface area contributed by atoms with Gasteiger partial charge >= 0.3 is 0 Å². The molecule has 4 aromatic rings. The number of likely N-dealkylation sites (N-methyl/N-ethyl adjacent to an activating group) is 1. The van der Waals surface area contributed by atoms with Crippen LogP contribution in [0.4, 0.5) is 17.2 Å². The molecular formula is C33H41N9O4. The van der Waals surface area contributed by atoms with Gasteiger partial charge in [-0.1, -0.05) is 20.8 Å². The van der Waals surface area contributed by atoms with Crippen molar-refractivity contribution in [3.8, 4) is 11.4 Å². The first kappa shape index (κ1) is 32.4. The lowest BCUT2D eigenvalue weighted by atomic mass is 9.85. The zero-order chi connectivity index (χ0) is 33.0. The number of likely N-dealkylation sites (tertiary alicyclic amines) is 1. The number of aromatic nitrogens is 4. The van der Waals surface area contributed by atoms with Crippen molar-refractivity contribution in [3.05, 3.63) is 61.4 Å². The van der Waals surface area contributed by atoms with E-state index < -0.39 is 23.5 Å². The Labute approximate surface area is 268 Å². The predicted octanol–water partition coefficient (Wildman–Crippen LogP) is 3.64. The molecule has 3 atom stereocenters. The van der Waals surface area contributed by atoms with Crippen molar-refractivity contribution >= 4 is 45.8 Å². The molecule has 242 valence electrons. The molecule has 0 bridgehead atoms. The number of amides is 3. The standard InChI is InChI=1S/C33H41N9O4/c1-20(34-5)30(43)40-28(33(2,3)4)32(45)42-14-7-8-26(42)31(44)39-25-16-23-24(17-27(25)46-6)36-18-37-29(23)38-21-9-11-22(12-10-21)41-15-13-35-19-41/h9-13,15-20,26,28,34H,7-8,14H2,1-6H3,(H,39,44)(H,40,43)(H,36,37,38)/t20-,26-,28+/m0/s1. The van der Waals surface area contributed by atoms with Crippen LogP contribution in [0.5, 0.6) is 5.75 Å². The number of benzene rings is 2. The van der Waals surface area contributed by atoms with E-state index in [0.717, 1.165) is 11.4 Å². The number of nitrogens with one attached hydrogen (secondary N) is 4. The largest absolute Gasteiger partial charge is 0.494 e. The monoisotopic (exact) mass is 627 g/mol. The Morgan fingerprint density at radius 2 is 1.85 bits per heavy atom. The summed E-state index contributed by atoms with van der Waals surface area (Å²) < 4.78 is 7.53. The maximum absolute atomic E-state index is 13.9. The highest BCUT2D eigenvalue weighted by atomic mass is 16.5. The molecule has 1 fully saturated rings. The number of anilines is 3. The average Bonchev–Trinajstić information content (AvgIpc) is 3.76. The Hall–Kier alpha value is -5.04. The van der Waals surface area contributed by atoms with Gasteiger partial charge in [-0.25, -0.2) is 15.0 Å². The summed E-state index contributed by atoms with van der Waals surface area (Å²) in [6.07, 6.45) is 7.95. The van der Waals surface area contributed by atoms with Crippen molar-refractivity contribution in [3.63, 3.8) is 0 Å². The molecule has 13 heteroatoms. The maximum atomic E-state index is 13.9. The van der Waals surface area contributed by atoms with Crippen LogP contribution < -0.4 is 26.0 Å². The zero-order valence-electron chi connectivity index (χ0n) is 27.0. The number of methoxy groups -OCH3 is 1. The summed E-state index contributed by atoms with van der Waals surface area (Å²) in [4.78, 5) is 54.9. The van der Waals surface area contributed by atoms with Gasteiger partial charge in [0, 0.05) is 41.8 Å². The van der Waals surface area contributed by atoms with Gasteiger partial charge in [-0.15, -0.1) is 0 Å². The Morgan fingerprint density at radius 1 is 1.09 bits per heavy atom. The summed E-state index contributed by atoms with van der Waals surface area (Å²) in [5.41, 5.74) is 2.26. The topological polar surface area (TPSA) is 155 Å². The van der Waals surface area contributed by atoms with E-state index in [0.29, 0.717) is 47.5 Å². The Morgan fingerprint density at radius 3 is 2.50 bits per heavy atom. The highest BCUT2D eigenvalue weighted by Crippen LogP contribution is 2.34. The van der Waals surface area contributed by atoms with Crippen LogP contribution in [-0.4, -0.2) is 81.0 Å². The lowest BCUT2D eigenvalue weighted by Crippen LogP contribution is -2.59. The number of ether oxygens (including phenoxy) is 1. The van der Waals surface area contributed by atoms with E-state index in [1.807, 2.05) is 55.8 Å². The average molecular weight is 628 g/mol. The third-order valence-electron chi connectivity index (χ3n) is 8.21. The Bertz CT molecular complexity index is 1700. The quantitative estimate of drug-likeness (QED) is 0.206. The molecule has 0 aliphatic carbocycles. The minimum absolute atomic E-state index is 0.280. The maximum Gasteiger partial charge on any atom is 0.247 e. The number of imidazole rings is 1. The summed E-state index contributed by atoms with van der Waals surface area (Å²) in [6.45, 7) is 7.83. The second-order valence-corrected chi connectivity index (χ2v) is 12.4. The van der Waals surface area contributed by atoms with E-state index in [4.69, 9.17) is 4.74 Å². The SMILES string of the molecule is CN[C@@H](C)C(=O)N[C@H](C(=O)N1CCC[C@H]1C(=O)Nc1cc2c(Nc3ccc(-n4ccnc4)cc3)ncnc2cc1OC)C(C)(C)C. The van der Waals surface area contributed by atoms with E-state index in [2.05, 4.69) is 36.2 Å². The van der Waals surface area contributed by atoms with Crippen molar-refractivity contribution in [2.24, 2.45) is 5.41 Å². The number of rotatable bonds is 10. The second kappa shape index (κ2) is 13.5. The number of hydrogen-bond acceptors (Lipinski definition) is 9. The molecule has 3 heterocycles. The van der Waals surface area contributed by atoms with Crippen molar-refractivity contribution in [1.82, 2.24) is 35.1 Å². The molecule has 0 spiro atoms. The number of carbonyl (C=O) groups is 3. The van der Waals surface area contributed by atoms with Crippen LogP contribution in [0.3, 0.4) is 0 Å². The molecule has 2 aromatic carbocycles. The van der Waals surface area contributed by atoms with E-state index in [-0.39, 0.29) is 17.7 Å².